The molecule has 17 heavy (non-hydrogen) atoms. The first-order chi connectivity index (χ1) is 8.04. The van der Waals surface area contributed by atoms with Gasteiger partial charge < -0.3 is 10.5 Å². The van der Waals surface area contributed by atoms with Crippen LogP contribution in [0.25, 0.3) is 0 Å². The third kappa shape index (κ3) is 4.01. The minimum atomic E-state index is -0.579. The van der Waals surface area contributed by atoms with E-state index in [9.17, 15) is 14.5 Å². The molecular weight excluding hydrogens is 251 g/mol. The van der Waals surface area contributed by atoms with E-state index < -0.39 is 10.8 Å². The van der Waals surface area contributed by atoms with Crippen LogP contribution in [0.5, 0.6) is 5.75 Å². The van der Waals surface area contributed by atoms with E-state index >= 15 is 0 Å². The number of nitrogens with zero attached hydrogens (tertiary/aromatic N) is 1. The zero-order chi connectivity index (χ0) is 12.8. The molecule has 5 nitrogen and oxygen atoms in total. The minimum Gasteiger partial charge on any atom is -0.485 e. The van der Waals surface area contributed by atoms with Crippen molar-refractivity contribution in [3.05, 3.63) is 45.2 Å². The maximum atomic E-state index is 12.9. The van der Waals surface area contributed by atoms with Crippen molar-refractivity contribution < 1.29 is 14.1 Å². The Labute approximate surface area is 102 Å². The summed E-state index contributed by atoms with van der Waals surface area (Å²) < 4.78 is 18.0. The summed E-state index contributed by atoms with van der Waals surface area (Å²) in [5.41, 5.74) is 4.96. The van der Waals surface area contributed by atoms with Crippen molar-refractivity contribution in [3.63, 3.8) is 0 Å². The first kappa shape index (κ1) is 13.4. The molecule has 0 spiro atoms. The normalized spacial score (nSPS) is 11.4. The predicted octanol–water partition coefficient (Wildman–Crippen LogP) is 2.44. The van der Waals surface area contributed by atoms with Gasteiger partial charge in [0.15, 0.2) is 0 Å². The molecule has 2 N–H and O–H groups in total. The lowest BCUT2D eigenvalue weighted by Crippen LogP contribution is -2.02. The van der Waals surface area contributed by atoms with Crippen LogP contribution in [-0.4, -0.2) is 18.1 Å². The van der Waals surface area contributed by atoms with Gasteiger partial charge in [0, 0.05) is 18.7 Å². The molecule has 7 heteroatoms. The SMILES string of the molecule is NC/C=C(/F)COc1ccc([N+](=O)[O-])cc1Cl. The van der Waals surface area contributed by atoms with Crippen LogP contribution >= 0.6 is 11.6 Å². The second-order valence-corrected chi connectivity index (χ2v) is 3.45. The van der Waals surface area contributed by atoms with Crippen LogP contribution in [0.15, 0.2) is 30.1 Å². The van der Waals surface area contributed by atoms with E-state index in [0.29, 0.717) is 0 Å². The van der Waals surface area contributed by atoms with E-state index in [-0.39, 0.29) is 29.6 Å². The van der Waals surface area contributed by atoms with Crippen LogP contribution < -0.4 is 10.5 Å². The Balaban J connectivity index is 2.73. The Morgan fingerprint density at radius 3 is 2.88 bits per heavy atom. The number of hydrogen-bond acceptors (Lipinski definition) is 4. The van der Waals surface area contributed by atoms with Crippen LogP contribution in [-0.2, 0) is 0 Å². The van der Waals surface area contributed by atoms with Crippen molar-refractivity contribution >= 4 is 17.3 Å². The summed E-state index contributed by atoms with van der Waals surface area (Å²) >= 11 is 5.74. The molecule has 0 aliphatic heterocycles. The molecule has 0 amide bonds. The number of hydrogen-bond donors (Lipinski definition) is 1. The quantitative estimate of drug-likeness (QED) is 0.651. The van der Waals surface area contributed by atoms with Crippen LogP contribution in [0.4, 0.5) is 10.1 Å². The number of non-ortho nitro benzene ring substituents is 1. The minimum absolute atomic E-state index is 0.0553. The lowest BCUT2D eigenvalue weighted by molar-refractivity contribution is -0.384. The van der Waals surface area contributed by atoms with Crippen molar-refractivity contribution in [2.75, 3.05) is 13.2 Å². The lowest BCUT2D eigenvalue weighted by Gasteiger charge is -2.06. The van der Waals surface area contributed by atoms with Gasteiger partial charge in [-0.3, -0.25) is 10.1 Å². The highest BCUT2D eigenvalue weighted by Gasteiger charge is 2.10. The highest BCUT2D eigenvalue weighted by atomic mass is 35.5. The number of nitro benzene ring substituents is 1. The smallest absolute Gasteiger partial charge is 0.271 e. The Kier molecular flexibility index (Phi) is 4.86. The maximum absolute atomic E-state index is 12.9. The molecular formula is C10H10ClFN2O3. The van der Waals surface area contributed by atoms with E-state index in [0.717, 1.165) is 6.07 Å². The Morgan fingerprint density at radius 2 is 2.35 bits per heavy atom. The van der Waals surface area contributed by atoms with Gasteiger partial charge in [-0.25, -0.2) is 4.39 Å². The third-order valence-electron chi connectivity index (χ3n) is 1.83. The van der Waals surface area contributed by atoms with Gasteiger partial charge in [-0.05, 0) is 12.1 Å². The van der Waals surface area contributed by atoms with E-state index in [2.05, 4.69) is 0 Å². The summed E-state index contributed by atoms with van der Waals surface area (Å²) in [5.74, 6) is -0.347. The molecule has 0 aromatic heterocycles. The molecule has 0 atom stereocenters. The maximum Gasteiger partial charge on any atom is 0.271 e. The molecule has 0 fully saturated rings. The van der Waals surface area contributed by atoms with Gasteiger partial charge in [0.1, 0.15) is 18.2 Å². The summed E-state index contributed by atoms with van der Waals surface area (Å²) in [6, 6.07) is 3.68. The van der Waals surface area contributed by atoms with Crippen LogP contribution in [0.1, 0.15) is 0 Å². The fraction of sp³-hybridized carbons (Fsp3) is 0.200. The van der Waals surface area contributed by atoms with Crippen molar-refractivity contribution in [3.8, 4) is 5.75 Å². The number of benzene rings is 1. The van der Waals surface area contributed by atoms with Crippen LogP contribution in [0.3, 0.4) is 0 Å². The van der Waals surface area contributed by atoms with E-state index in [4.69, 9.17) is 22.1 Å². The number of ether oxygens (including phenoxy) is 1. The van der Waals surface area contributed by atoms with Gasteiger partial charge in [-0.2, -0.15) is 0 Å². The van der Waals surface area contributed by atoms with Crippen molar-refractivity contribution in [1.29, 1.82) is 0 Å². The van der Waals surface area contributed by atoms with Crippen molar-refractivity contribution in [1.82, 2.24) is 0 Å². The summed E-state index contributed by atoms with van der Waals surface area (Å²) in [6.07, 6.45) is 1.17. The Morgan fingerprint density at radius 1 is 1.65 bits per heavy atom. The molecule has 0 bridgehead atoms. The standard InChI is InChI=1S/C10H10ClFN2O3/c11-9-5-8(14(15)16)1-2-10(9)17-6-7(12)3-4-13/h1-3,5H,4,6,13H2/b7-3+. The van der Waals surface area contributed by atoms with E-state index in [1.807, 2.05) is 0 Å². The van der Waals surface area contributed by atoms with E-state index in [1.165, 1.54) is 18.2 Å². The van der Waals surface area contributed by atoms with Gasteiger partial charge >= 0.3 is 0 Å². The zero-order valence-corrected chi connectivity index (χ0v) is 9.48. The fourth-order valence-corrected chi connectivity index (χ4v) is 1.28. The highest BCUT2D eigenvalue weighted by molar-refractivity contribution is 6.32. The van der Waals surface area contributed by atoms with Gasteiger partial charge in [0.2, 0.25) is 0 Å². The van der Waals surface area contributed by atoms with E-state index in [1.54, 1.807) is 0 Å². The molecule has 0 heterocycles. The average molecular weight is 261 g/mol. The molecule has 0 aliphatic carbocycles. The Bertz CT molecular complexity index is 451. The topological polar surface area (TPSA) is 78.4 Å². The highest BCUT2D eigenvalue weighted by Crippen LogP contribution is 2.28. The van der Waals surface area contributed by atoms with Gasteiger partial charge in [-0.15, -0.1) is 0 Å². The van der Waals surface area contributed by atoms with Crippen molar-refractivity contribution in [2.45, 2.75) is 0 Å². The van der Waals surface area contributed by atoms with Gasteiger partial charge in [-0.1, -0.05) is 11.6 Å². The molecule has 0 saturated carbocycles. The predicted molar refractivity (Wildman–Crippen MR) is 61.8 cm³/mol. The Hall–Kier alpha value is -1.66. The van der Waals surface area contributed by atoms with Gasteiger partial charge in [0.05, 0.1) is 9.95 Å². The first-order valence-electron chi connectivity index (χ1n) is 4.66. The second kappa shape index (κ2) is 6.17. The number of halogens is 2. The summed E-state index contributed by atoms with van der Waals surface area (Å²) in [7, 11) is 0. The molecule has 0 radical (unpaired) electrons. The largest absolute Gasteiger partial charge is 0.485 e. The van der Waals surface area contributed by atoms with Crippen LogP contribution in [0, 0.1) is 10.1 Å². The summed E-state index contributed by atoms with van der Waals surface area (Å²) in [5, 5.41) is 10.5. The number of nitro groups is 1. The first-order valence-corrected chi connectivity index (χ1v) is 5.03. The fourth-order valence-electron chi connectivity index (χ4n) is 1.05. The zero-order valence-electron chi connectivity index (χ0n) is 8.73. The molecule has 0 saturated heterocycles. The molecule has 1 rings (SSSR count). The number of rotatable bonds is 5. The summed E-state index contributed by atoms with van der Waals surface area (Å²) in [4.78, 5) is 9.86. The lowest BCUT2D eigenvalue weighted by atomic mass is 10.3. The molecule has 1 aromatic carbocycles. The molecule has 0 aliphatic rings. The number of nitrogens with two attached hydrogens (primary N) is 1. The molecule has 92 valence electrons. The summed E-state index contributed by atoms with van der Waals surface area (Å²) in [6.45, 7) is -0.238. The molecule has 1 aromatic rings. The van der Waals surface area contributed by atoms with Crippen molar-refractivity contribution in [2.24, 2.45) is 5.73 Å². The second-order valence-electron chi connectivity index (χ2n) is 3.05. The molecule has 0 unspecified atom stereocenters. The average Bonchev–Trinajstić information content (AvgIpc) is 2.27. The van der Waals surface area contributed by atoms with Crippen LogP contribution in [0.2, 0.25) is 5.02 Å². The monoisotopic (exact) mass is 260 g/mol. The third-order valence-corrected chi connectivity index (χ3v) is 2.13. The van der Waals surface area contributed by atoms with Gasteiger partial charge in [0.25, 0.3) is 5.69 Å².